The molecule has 1 amide bonds. The van der Waals surface area contributed by atoms with Crippen LogP contribution in [0.1, 0.15) is 30.9 Å². The number of rotatable bonds is 3. The first-order valence-corrected chi connectivity index (χ1v) is 7.03. The zero-order valence-electron chi connectivity index (χ0n) is 11.6. The SMILES string of the molecule is N[C@H](CC(=O)N1CCC(C(F)(F)F)CC1)c1ccccc1. The van der Waals surface area contributed by atoms with Crippen LogP contribution in [-0.4, -0.2) is 30.1 Å². The van der Waals surface area contributed by atoms with Crippen molar-refractivity contribution in [2.45, 2.75) is 31.5 Å². The molecule has 0 radical (unpaired) electrons. The van der Waals surface area contributed by atoms with E-state index in [9.17, 15) is 18.0 Å². The average molecular weight is 300 g/mol. The Kier molecular flexibility index (Phi) is 4.88. The fourth-order valence-electron chi connectivity index (χ4n) is 2.59. The molecule has 1 saturated heterocycles. The van der Waals surface area contributed by atoms with Crippen molar-refractivity contribution in [2.75, 3.05) is 13.1 Å². The fraction of sp³-hybridized carbons (Fsp3) is 0.533. The normalized spacial score (nSPS) is 18.6. The van der Waals surface area contributed by atoms with Crippen LogP contribution < -0.4 is 5.73 Å². The van der Waals surface area contributed by atoms with Crippen LogP contribution in [0.4, 0.5) is 13.2 Å². The Morgan fingerprint density at radius 2 is 1.81 bits per heavy atom. The summed E-state index contributed by atoms with van der Waals surface area (Å²) >= 11 is 0. The van der Waals surface area contributed by atoms with E-state index in [4.69, 9.17) is 5.73 Å². The largest absolute Gasteiger partial charge is 0.391 e. The number of likely N-dealkylation sites (tertiary alicyclic amines) is 1. The van der Waals surface area contributed by atoms with Crippen LogP contribution in [0.25, 0.3) is 0 Å². The Morgan fingerprint density at radius 3 is 2.33 bits per heavy atom. The van der Waals surface area contributed by atoms with Crippen LogP contribution in [0.5, 0.6) is 0 Å². The Hall–Kier alpha value is -1.56. The van der Waals surface area contributed by atoms with E-state index in [1.807, 2.05) is 30.3 Å². The Balaban J connectivity index is 1.85. The van der Waals surface area contributed by atoms with E-state index in [1.54, 1.807) is 0 Å². The highest BCUT2D eigenvalue weighted by Gasteiger charge is 2.41. The summed E-state index contributed by atoms with van der Waals surface area (Å²) in [7, 11) is 0. The van der Waals surface area contributed by atoms with Gasteiger partial charge >= 0.3 is 6.18 Å². The van der Waals surface area contributed by atoms with Crippen molar-refractivity contribution in [3.8, 4) is 0 Å². The molecule has 1 aliphatic heterocycles. The molecule has 2 N–H and O–H groups in total. The van der Waals surface area contributed by atoms with Gasteiger partial charge in [-0.1, -0.05) is 30.3 Å². The third kappa shape index (κ3) is 4.20. The summed E-state index contributed by atoms with van der Waals surface area (Å²) in [6, 6.07) is 8.81. The summed E-state index contributed by atoms with van der Waals surface area (Å²) in [4.78, 5) is 13.6. The molecule has 0 spiro atoms. The minimum absolute atomic E-state index is 0.0180. The van der Waals surface area contributed by atoms with Crippen LogP contribution in [0.15, 0.2) is 30.3 Å². The molecule has 1 fully saturated rings. The van der Waals surface area contributed by atoms with Gasteiger partial charge in [0.2, 0.25) is 5.91 Å². The monoisotopic (exact) mass is 300 g/mol. The summed E-state index contributed by atoms with van der Waals surface area (Å²) in [6.07, 6.45) is -4.07. The summed E-state index contributed by atoms with van der Waals surface area (Å²) in [5.41, 5.74) is 6.83. The van der Waals surface area contributed by atoms with E-state index in [0.29, 0.717) is 0 Å². The van der Waals surface area contributed by atoms with Crippen molar-refractivity contribution in [1.82, 2.24) is 4.90 Å². The molecular weight excluding hydrogens is 281 g/mol. The van der Waals surface area contributed by atoms with Gasteiger partial charge in [-0.2, -0.15) is 13.2 Å². The summed E-state index contributed by atoms with van der Waals surface area (Å²) in [6.45, 7) is 0.315. The van der Waals surface area contributed by atoms with E-state index in [2.05, 4.69) is 0 Å². The highest BCUT2D eigenvalue weighted by Crippen LogP contribution is 2.34. The highest BCUT2D eigenvalue weighted by molar-refractivity contribution is 5.77. The molecule has 1 heterocycles. The predicted molar refractivity (Wildman–Crippen MR) is 73.3 cm³/mol. The molecule has 1 atom stereocenters. The number of halogens is 3. The standard InChI is InChI=1S/C15H19F3N2O/c16-15(17,18)12-6-8-20(9-7-12)14(21)10-13(19)11-4-2-1-3-5-11/h1-5,12-13H,6-10,19H2/t13-/m1/s1. The first-order valence-electron chi connectivity index (χ1n) is 7.03. The van der Waals surface area contributed by atoms with Crippen molar-refractivity contribution < 1.29 is 18.0 Å². The number of benzene rings is 1. The van der Waals surface area contributed by atoms with Crippen molar-refractivity contribution in [3.05, 3.63) is 35.9 Å². The first kappa shape index (κ1) is 15.8. The van der Waals surface area contributed by atoms with E-state index in [-0.39, 0.29) is 38.3 Å². The van der Waals surface area contributed by atoms with Crippen molar-refractivity contribution in [1.29, 1.82) is 0 Å². The molecule has 116 valence electrons. The molecular formula is C15H19F3N2O. The maximum Gasteiger partial charge on any atom is 0.391 e. The molecule has 3 nitrogen and oxygen atoms in total. The quantitative estimate of drug-likeness (QED) is 0.933. The number of nitrogens with two attached hydrogens (primary N) is 1. The number of alkyl halides is 3. The van der Waals surface area contributed by atoms with E-state index >= 15 is 0 Å². The van der Waals surface area contributed by atoms with Gasteiger partial charge in [-0.25, -0.2) is 0 Å². The zero-order valence-corrected chi connectivity index (χ0v) is 11.6. The van der Waals surface area contributed by atoms with Crippen molar-refractivity contribution in [3.63, 3.8) is 0 Å². The van der Waals surface area contributed by atoms with Crippen LogP contribution in [0.3, 0.4) is 0 Å². The van der Waals surface area contributed by atoms with Gasteiger partial charge in [-0.15, -0.1) is 0 Å². The number of amides is 1. The molecule has 0 unspecified atom stereocenters. The summed E-state index contributed by atoms with van der Waals surface area (Å²) < 4.78 is 37.7. The molecule has 1 aromatic carbocycles. The minimum Gasteiger partial charge on any atom is -0.343 e. The number of piperidine rings is 1. The van der Waals surface area contributed by atoms with Crippen LogP contribution in [0.2, 0.25) is 0 Å². The third-order valence-corrected chi connectivity index (χ3v) is 3.93. The lowest BCUT2D eigenvalue weighted by atomic mass is 9.95. The maximum absolute atomic E-state index is 12.6. The predicted octanol–water partition coefficient (Wildman–Crippen LogP) is 2.88. The number of hydrogen-bond donors (Lipinski definition) is 1. The number of carbonyl (C=O) groups is 1. The lowest BCUT2D eigenvalue weighted by molar-refractivity contribution is -0.186. The van der Waals surface area contributed by atoms with Gasteiger partial charge in [0, 0.05) is 25.6 Å². The molecule has 2 rings (SSSR count). The highest BCUT2D eigenvalue weighted by atomic mass is 19.4. The van der Waals surface area contributed by atoms with Gasteiger partial charge in [-0.3, -0.25) is 4.79 Å². The van der Waals surface area contributed by atoms with E-state index in [0.717, 1.165) is 5.56 Å². The number of nitrogens with zero attached hydrogens (tertiary/aromatic N) is 1. The second-order valence-corrected chi connectivity index (χ2v) is 5.42. The first-order chi connectivity index (χ1) is 9.88. The van der Waals surface area contributed by atoms with Gasteiger partial charge in [0.05, 0.1) is 5.92 Å². The lowest BCUT2D eigenvalue weighted by Gasteiger charge is -2.33. The minimum atomic E-state index is -4.16. The molecule has 6 heteroatoms. The average Bonchev–Trinajstić information content (AvgIpc) is 2.47. The second-order valence-electron chi connectivity index (χ2n) is 5.42. The number of carbonyl (C=O) groups excluding carboxylic acids is 1. The number of hydrogen-bond acceptors (Lipinski definition) is 2. The third-order valence-electron chi connectivity index (χ3n) is 3.93. The molecule has 1 aliphatic rings. The molecule has 1 aromatic rings. The van der Waals surface area contributed by atoms with Gasteiger partial charge in [0.25, 0.3) is 0 Å². The molecule has 0 bridgehead atoms. The summed E-state index contributed by atoms with van der Waals surface area (Å²) in [5, 5.41) is 0. The molecule has 0 saturated carbocycles. The Morgan fingerprint density at radius 1 is 1.24 bits per heavy atom. The van der Waals surface area contributed by atoms with Gasteiger partial charge < -0.3 is 10.6 Å². The second kappa shape index (κ2) is 6.47. The molecule has 0 aromatic heterocycles. The van der Waals surface area contributed by atoms with Crippen LogP contribution in [-0.2, 0) is 4.79 Å². The van der Waals surface area contributed by atoms with Crippen LogP contribution in [0, 0.1) is 5.92 Å². The Bertz CT molecular complexity index is 468. The maximum atomic E-state index is 12.6. The molecule has 0 aliphatic carbocycles. The van der Waals surface area contributed by atoms with Gasteiger partial charge in [0.15, 0.2) is 0 Å². The van der Waals surface area contributed by atoms with Gasteiger partial charge in [-0.05, 0) is 18.4 Å². The molecule has 21 heavy (non-hydrogen) atoms. The van der Waals surface area contributed by atoms with Crippen LogP contribution >= 0.6 is 0 Å². The summed E-state index contributed by atoms with van der Waals surface area (Å²) in [5.74, 6) is -1.46. The topological polar surface area (TPSA) is 46.3 Å². The van der Waals surface area contributed by atoms with Crippen molar-refractivity contribution in [2.24, 2.45) is 11.7 Å². The van der Waals surface area contributed by atoms with Gasteiger partial charge in [0.1, 0.15) is 0 Å². The fourth-order valence-corrected chi connectivity index (χ4v) is 2.59. The lowest BCUT2D eigenvalue weighted by Crippen LogP contribution is -2.42. The van der Waals surface area contributed by atoms with E-state index in [1.165, 1.54) is 4.90 Å². The Labute approximate surface area is 121 Å². The smallest absolute Gasteiger partial charge is 0.343 e. The van der Waals surface area contributed by atoms with Crippen molar-refractivity contribution >= 4 is 5.91 Å². The zero-order chi connectivity index (χ0) is 15.5. The van der Waals surface area contributed by atoms with E-state index < -0.39 is 18.1 Å².